The fourth-order valence-electron chi connectivity index (χ4n) is 2.86. The molecular weight excluding hydrogens is 528 g/mol. The Morgan fingerprint density at radius 1 is 1.06 bits per heavy atom. The third-order valence-electron chi connectivity index (χ3n) is 4.45. The van der Waals surface area contributed by atoms with Crippen molar-refractivity contribution in [1.82, 2.24) is 5.32 Å². The molecule has 1 aliphatic heterocycles. The van der Waals surface area contributed by atoms with Crippen molar-refractivity contribution in [2.24, 2.45) is 4.99 Å². The highest BCUT2D eigenvalue weighted by Crippen LogP contribution is 2.31. The third-order valence-corrected chi connectivity index (χ3v) is 5.98. The largest absolute Gasteiger partial charge is 0.483 e. The molecular formula is C24H16BrF2N3O3S. The van der Waals surface area contributed by atoms with Crippen LogP contribution < -0.4 is 15.4 Å². The van der Waals surface area contributed by atoms with Crippen molar-refractivity contribution in [3.63, 3.8) is 0 Å². The Hall–Kier alpha value is -3.50. The number of amidine groups is 1. The Morgan fingerprint density at radius 3 is 2.41 bits per heavy atom. The summed E-state index contributed by atoms with van der Waals surface area (Å²) < 4.78 is 32.1. The number of carbonyl (C=O) groups excluding carboxylic acids is 2. The second kappa shape index (κ2) is 10.6. The van der Waals surface area contributed by atoms with E-state index < -0.39 is 11.7 Å². The smallest absolute Gasteiger partial charge is 0.264 e. The van der Waals surface area contributed by atoms with Crippen LogP contribution in [0.15, 0.2) is 81.1 Å². The van der Waals surface area contributed by atoms with Gasteiger partial charge >= 0.3 is 0 Å². The van der Waals surface area contributed by atoms with Crippen LogP contribution in [-0.4, -0.2) is 23.6 Å². The van der Waals surface area contributed by atoms with E-state index in [1.165, 1.54) is 60.3 Å². The first-order valence-corrected chi connectivity index (χ1v) is 11.5. The summed E-state index contributed by atoms with van der Waals surface area (Å²) in [6.45, 7) is -0.238. The number of rotatable bonds is 6. The molecule has 0 unspecified atom stereocenters. The molecule has 3 aromatic carbocycles. The van der Waals surface area contributed by atoms with Crippen LogP contribution in [0.1, 0.15) is 5.56 Å². The van der Waals surface area contributed by atoms with Gasteiger partial charge in [-0.05, 0) is 100.0 Å². The van der Waals surface area contributed by atoms with Crippen LogP contribution >= 0.6 is 27.7 Å². The number of hydrogen-bond donors (Lipinski definition) is 2. The number of halogens is 3. The van der Waals surface area contributed by atoms with Crippen molar-refractivity contribution in [3.8, 4) is 5.75 Å². The van der Waals surface area contributed by atoms with E-state index in [0.29, 0.717) is 31.7 Å². The number of nitrogens with zero attached hydrogens (tertiary/aromatic N) is 1. The summed E-state index contributed by atoms with van der Waals surface area (Å²) >= 11 is 4.58. The average molecular weight is 544 g/mol. The van der Waals surface area contributed by atoms with E-state index >= 15 is 0 Å². The first kappa shape index (κ1) is 23.7. The standard InChI is InChI=1S/C24H16BrF2N3O3S/c25-19-11-14(1-10-20(19)33-13-22(31)28-17-6-2-15(26)3-7-17)12-21-23(32)30-24(34-21)29-18-8-4-16(27)5-9-18/h1-12H,13H2,(H,28,31)(H,29,30,32)/b21-12+. The van der Waals surface area contributed by atoms with Crippen LogP contribution in [0.25, 0.3) is 6.08 Å². The molecule has 0 saturated carbocycles. The van der Waals surface area contributed by atoms with Crippen LogP contribution in [-0.2, 0) is 9.59 Å². The molecule has 0 aliphatic carbocycles. The SMILES string of the molecule is O=C(COc1ccc(/C=C2/SC(=Nc3ccc(F)cc3)NC2=O)cc1Br)Nc1ccc(F)cc1. The Bertz CT molecular complexity index is 1300. The minimum absolute atomic E-state index is 0.238. The molecule has 1 fully saturated rings. The average Bonchev–Trinajstić information content (AvgIpc) is 3.14. The number of aliphatic imine (C=N–C) groups is 1. The van der Waals surface area contributed by atoms with Crippen molar-refractivity contribution in [2.75, 3.05) is 11.9 Å². The van der Waals surface area contributed by atoms with E-state index in [2.05, 4.69) is 31.6 Å². The molecule has 0 aromatic heterocycles. The highest BCUT2D eigenvalue weighted by atomic mass is 79.9. The van der Waals surface area contributed by atoms with Gasteiger partial charge in [-0.25, -0.2) is 13.8 Å². The van der Waals surface area contributed by atoms with Gasteiger partial charge in [0.25, 0.3) is 11.8 Å². The minimum Gasteiger partial charge on any atom is -0.483 e. The quantitative estimate of drug-likeness (QED) is 0.394. The Morgan fingerprint density at radius 2 is 1.74 bits per heavy atom. The lowest BCUT2D eigenvalue weighted by Gasteiger charge is -2.09. The second-order valence-electron chi connectivity index (χ2n) is 6.99. The van der Waals surface area contributed by atoms with Gasteiger partial charge < -0.3 is 15.4 Å². The highest BCUT2D eigenvalue weighted by molar-refractivity contribution is 9.10. The van der Waals surface area contributed by atoms with E-state index in [9.17, 15) is 18.4 Å². The molecule has 0 radical (unpaired) electrons. The van der Waals surface area contributed by atoms with Crippen LogP contribution in [0, 0.1) is 11.6 Å². The maximum absolute atomic E-state index is 13.0. The lowest BCUT2D eigenvalue weighted by atomic mass is 10.2. The van der Waals surface area contributed by atoms with E-state index in [1.54, 1.807) is 24.3 Å². The molecule has 4 rings (SSSR count). The van der Waals surface area contributed by atoms with Crippen molar-refractivity contribution >= 4 is 62.1 Å². The second-order valence-corrected chi connectivity index (χ2v) is 8.88. The molecule has 1 heterocycles. The first-order valence-electron chi connectivity index (χ1n) is 9.89. The zero-order valence-electron chi connectivity index (χ0n) is 17.3. The van der Waals surface area contributed by atoms with Crippen LogP contribution in [0.2, 0.25) is 0 Å². The molecule has 1 aliphatic rings. The summed E-state index contributed by atoms with van der Waals surface area (Å²) in [5.74, 6) is -0.993. The summed E-state index contributed by atoms with van der Waals surface area (Å²) in [5.41, 5.74) is 1.72. The minimum atomic E-state index is -0.392. The summed E-state index contributed by atoms with van der Waals surface area (Å²) in [7, 11) is 0. The molecule has 1 saturated heterocycles. The topological polar surface area (TPSA) is 79.8 Å². The predicted octanol–water partition coefficient (Wildman–Crippen LogP) is 5.64. The Labute approximate surface area is 206 Å². The predicted molar refractivity (Wildman–Crippen MR) is 132 cm³/mol. The third kappa shape index (κ3) is 6.30. The molecule has 2 amide bonds. The van der Waals surface area contributed by atoms with E-state index in [1.807, 2.05) is 0 Å². The van der Waals surface area contributed by atoms with E-state index in [4.69, 9.17) is 4.74 Å². The number of ether oxygens (including phenoxy) is 1. The monoisotopic (exact) mass is 543 g/mol. The fourth-order valence-corrected chi connectivity index (χ4v) is 4.22. The van der Waals surface area contributed by atoms with E-state index in [-0.39, 0.29) is 18.3 Å². The highest BCUT2D eigenvalue weighted by Gasteiger charge is 2.24. The van der Waals surface area contributed by atoms with Crippen LogP contribution in [0.5, 0.6) is 5.75 Å². The summed E-state index contributed by atoms with van der Waals surface area (Å²) in [6.07, 6.45) is 1.70. The maximum Gasteiger partial charge on any atom is 0.264 e. The molecule has 6 nitrogen and oxygen atoms in total. The molecule has 0 bridgehead atoms. The number of benzene rings is 3. The normalized spacial score (nSPS) is 15.4. The summed E-state index contributed by atoms with van der Waals surface area (Å²) in [4.78, 5) is 29.1. The van der Waals surface area contributed by atoms with Crippen molar-refractivity contribution in [3.05, 3.63) is 93.3 Å². The van der Waals surface area contributed by atoms with Gasteiger partial charge in [-0.2, -0.15) is 0 Å². The lowest BCUT2D eigenvalue weighted by Crippen LogP contribution is -2.20. The van der Waals surface area contributed by atoms with Gasteiger partial charge in [0.2, 0.25) is 0 Å². The van der Waals surface area contributed by atoms with Gasteiger partial charge in [0.05, 0.1) is 15.1 Å². The number of thioether (sulfide) groups is 1. The molecule has 3 aromatic rings. The first-order chi connectivity index (χ1) is 16.4. The number of carbonyl (C=O) groups is 2. The van der Waals surface area contributed by atoms with E-state index in [0.717, 1.165) is 5.56 Å². The number of amides is 2. The van der Waals surface area contributed by atoms with Gasteiger partial charge in [-0.1, -0.05) is 6.07 Å². The van der Waals surface area contributed by atoms with Gasteiger partial charge in [-0.3, -0.25) is 9.59 Å². The number of anilines is 1. The number of nitrogens with one attached hydrogen (secondary N) is 2. The molecule has 0 spiro atoms. The molecule has 10 heteroatoms. The maximum atomic E-state index is 13.0. The summed E-state index contributed by atoms with van der Waals surface area (Å²) in [5, 5.41) is 5.69. The molecule has 172 valence electrons. The van der Waals surface area contributed by atoms with Crippen molar-refractivity contribution in [1.29, 1.82) is 0 Å². The Balaban J connectivity index is 1.37. The zero-order chi connectivity index (χ0) is 24.1. The molecule has 2 N–H and O–H groups in total. The van der Waals surface area contributed by atoms with Gasteiger partial charge in [0, 0.05) is 5.69 Å². The fraction of sp³-hybridized carbons (Fsp3) is 0.0417. The van der Waals surface area contributed by atoms with Crippen molar-refractivity contribution < 1.29 is 23.1 Å². The lowest BCUT2D eigenvalue weighted by molar-refractivity contribution is -0.118. The van der Waals surface area contributed by atoms with Crippen LogP contribution in [0.4, 0.5) is 20.2 Å². The van der Waals surface area contributed by atoms with Crippen molar-refractivity contribution in [2.45, 2.75) is 0 Å². The van der Waals surface area contributed by atoms with Gasteiger partial charge in [-0.15, -0.1) is 0 Å². The number of hydrogen-bond acceptors (Lipinski definition) is 5. The van der Waals surface area contributed by atoms with Crippen LogP contribution in [0.3, 0.4) is 0 Å². The summed E-state index contributed by atoms with van der Waals surface area (Å²) in [6, 6.07) is 16.2. The Kier molecular flexibility index (Phi) is 7.39. The van der Waals surface area contributed by atoms with Gasteiger partial charge in [0.15, 0.2) is 11.8 Å². The molecule has 34 heavy (non-hydrogen) atoms. The van der Waals surface area contributed by atoms with Gasteiger partial charge in [0.1, 0.15) is 17.4 Å². The molecule has 0 atom stereocenters. The zero-order valence-corrected chi connectivity index (χ0v) is 19.8.